The quantitative estimate of drug-likeness (QED) is 0.744. The number of carboxylic acid groups (broad SMARTS) is 1. The molecule has 0 fully saturated rings. The van der Waals surface area contributed by atoms with Crippen LogP contribution in [0.3, 0.4) is 0 Å². The molecule has 0 aliphatic carbocycles. The molecule has 112 valence electrons. The first-order valence-corrected chi connectivity index (χ1v) is 8.05. The van der Waals surface area contributed by atoms with Crippen LogP contribution < -0.4 is 0 Å². The number of hydrogen-bond donors (Lipinski definition) is 1. The maximum atomic E-state index is 12.7. The number of rotatable bonds is 4. The Kier molecular flexibility index (Phi) is 4.95. The van der Waals surface area contributed by atoms with E-state index in [-0.39, 0.29) is 4.34 Å². The second-order valence-corrected chi connectivity index (χ2v) is 7.01. The molecule has 0 amide bonds. The molecule has 0 bridgehead atoms. The van der Waals surface area contributed by atoms with Gasteiger partial charge in [0, 0.05) is 10.2 Å². The summed E-state index contributed by atoms with van der Waals surface area (Å²) in [4.78, 5) is 13.5. The van der Waals surface area contributed by atoms with Crippen LogP contribution in [-0.4, -0.2) is 16.1 Å². The summed E-state index contributed by atoms with van der Waals surface area (Å²) in [5.74, 6) is -1.20. The molecule has 0 radical (unpaired) electrons. The van der Waals surface area contributed by atoms with Crippen LogP contribution in [0.4, 0.5) is 13.2 Å². The highest BCUT2D eigenvalue weighted by Gasteiger charge is 2.39. The summed E-state index contributed by atoms with van der Waals surface area (Å²) in [5.41, 5.74) is -0.429. The second-order valence-electron chi connectivity index (χ2n) is 3.88. The van der Waals surface area contributed by atoms with Crippen molar-refractivity contribution in [1.82, 2.24) is 4.98 Å². The van der Waals surface area contributed by atoms with Crippen molar-refractivity contribution in [3.8, 4) is 0 Å². The molecule has 0 spiro atoms. The number of hydrogen-bond acceptors (Lipinski definition) is 4. The molecule has 0 saturated carbocycles. The molecule has 3 nitrogen and oxygen atoms in total. The molecule has 9 heteroatoms. The van der Waals surface area contributed by atoms with Gasteiger partial charge in [-0.1, -0.05) is 39.8 Å². The van der Waals surface area contributed by atoms with Crippen molar-refractivity contribution >= 4 is 45.0 Å². The van der Waals surface area contributed by atoms with Crippen LogP contribution in [0.1, 0.15) is 20.9 Å². The van der Waals surface area contributed by atoms with Crippen LogP contribution in [-0.2, 0) is 11.9 Å². The molecule has 1 aromatic heterocycles. The van der Waals surface area contributed by atoms with E-state index in [1.54, 1.807) is 0 Å². The van der Waals surface area contributed by atoms with Gasteiger partial charge >= 0.3 is 12.1 Å². The highest BCUT2D eigenvalue weighted by atomic mass is 79.9. The van der Waals surface area contributed by atoms with Gasteiger partial charge in [-0.25, -0.2) is 9.78 Å². The molecule has 0 saturated heterocycles. The van der Waals surface area contributed by atoms with Crippen LogP contribution in [0.25, 0.3) is 0 Å². The first-order chi connectivity index (χ1) is 9.77. The highest BCUT2D eigenvalue weighted by Crippen LogP contribution is 2.38. The number of halogens is 4. The fourth-order valence-corrected chi connectivity index (χ4v) is 3.65. The number of aromatic carboxylic acids is 1. The number of carbonyl (C=O) groups is 1. The third kappa shape index (κ3) is 4.21. The highest BCUT2D eigenvalue weighted by molar-refractivity contribution is 9.10. The van der Waals surface area contributed by atoms with E-state index in [0.29, 0.717) is 17.1 Å². The van der Waals surface area contributed by atoms with Gasteiger partial charge in [0.1, 0.15) is 4.88 Å². The first kappa shape index (κ1) is 16.3. The third-order valence-corrected chi connectivity index (χ3v) is 5.13. The smallest absolute Gasteiger partial charge is 0.435 e. The standard InChI is InChI=1S/C12H7BrF3NO2S2/c13-7-3-1-6(2-4-7)5-20-11-17-9(12(14,15)16)8(21-11)10(18)19/h1-4H,5H2,(H,18,19). The average Bonchev–Trinajstić information content (AvgIpc) is 2.82. The lowest BCUT2D eigenvalue weighted by molar-refractivity contribution is -0.141. The summed E-state index contributed by atoms with van der Waals surface area (Å²) in [7, 11) is 0. The number of alkyl halides is 3. The van der Waals surface area contributed by atoms with E-state index >= 15 is 0 Å². The van der Waals surface area contributed by atoms with E-state index in [4.69, 9.17) is 5.11 Å². The van der Waals surface area contributed by atoms with Crippen molar-refractivity contribution < 1.29 is 23.1 Å². The zero-order chi connectivity index (χ0) is 15.6. The normalized spacial score (nSPS) is 11.6. The molecule has 0 aliphatic rings. The second kappa shape index (κ2) is 6.37. The number of aromatic nitrogens is 1. The maximum absolute atomic E-state index is 12.7. The van der Waals surface area contributed by atoms with Gasteiger partial charge in [-0.2, -0.15) is 13.2 Å². The number of benzene rings is 1. The summed E-state index contributed by atoms with van der Waals surface area (Å²) in [6.07, 6.45) is -4.76. The Morgan fingerprint density at radius 3 is 2.43 bits per heavy atom. The molecule has 0 atom stereocenters. The zero-order valence-corrected chi connectivity index (χ0v) is 13.4. The van der Waals surface area contributed by atoms with Gasteiger partial charge in [0.25, 0.3) is 0 Å². The number of carboxylic acids is 1. The lowest BCUT2D eigenvalue weighted by atomic mass is 10.2. The average molecular weight is 398 g/mol. The van der Waals surface area contributed by atoms with Gasteiger partial charge in [-0.05, 0) is 17.7 Å². The molecule has 2 aromatic rings. The van der Waals surface area contributed by atoms with Crippen molar-refractivity contribution in [2.45, 2.75) is 16.3 Å². The minimum atomic E-state index is -4.76. The lowest BCUT2D eigenvalue weighted by Crippen LogP contribution is -2.11. The number of thioether (sulfide) groups is 1. The number of nitrogens with zero attached hydrogens (tertiary/aromatic N) is 1. The molecule has 1 aromatic carbocycles. The molecular formula is C12H7BrF3NO2S2. The molecule has 0 aliphatic heterocycles. The number of thiazole rings is 1. The minimum absolute atomic E-state index is 0.0858. The van der Waals surface area contributed by atoms with Crippen LogP contribution in [0.5, 0.6) is 0 Å². The molecule has 21 heavy (non-hydrogen) atoms. The van der Waals surface area contributed by atoms with Crippen molar-refractivity contribution in [2.75, 3.05) is 0 Å². The van der Waals surface area contributed by atoms with Gasteiger partial charge in [0.15, 0.2) is 10.0 Å². The minimum Gasteiger partial charge on any atom is -0.477 e. The Labute approximate surface area is 134 Å². The Bertz CT molecular complexity index is 656. The monoisotopic (exact) mass is 397 g/mol. The Morgan fingerprint density at radius 1 is 1.33 bits per heavy atom. The van der Waals surface area contributed by atoms with E-state index in [0.717, 1.165) is 21.8 Å². The van der Waals surface area contributed by atoms with E-state index in [2.05, 4.69) is 20.9 Å². The van der Waals surface area contributed by atoms with Crippen molar-refractivity contribution in [1.29, 1.82) is 0 Å². The zero-order valence-electron chi connectivity index (χ0n) is 10.1. The van der Waals surface area contributed by atoms with E-state index in [9.17, 15) is 18.0 Å². The molecule has 0 unspecified atom stereocenters. The summed E-state index contributed by atoms with van der Waals surface area (Å²) < 4.78 is 39.1. The molecule has 2 rings (SSSR count). The van der Waals surface area contributed by atoms with Crippen molar-refractivity contribution in [2.24, 2.45) is 0 Å². The van der Waals surface area contributed by atoms with E-state index in [1.807, 2.05) is 24.3 Å². The predicted octanol–water partition coefficient (Wildman–Crippen LogP) is 4.91. The van der Waals surface area contributed by atoms with E-state index in [1.165, 1.54) is 0 Å². The third-order valence-electron chi connectivity index (χ3n) is 2.35. The summed E-state index contributed by atoms with van der Waals surface area (Å²) >= 11 is 4.90. The Morgan fingerprint density at radius 2 is 1.95 bits per heavy atom. The summed E-state index contributed by atoms with van der Waals surface area (Å²) in [5, 5.41) is 8.81. The molecule has 1 N–H and O–H groups in total. The fourth-order valence-electron chi connectivity index (χ4n) is 1.43. The molecule has 1 heterocycles. The van der Waals surface area contributed by atoms with Crippen LogP contribution >= 0.6 is 39.0 Å². The summed E-state index contributed by atoms with van der Waals surface area (Å²) in [6, 6.07) is 7.30. The maximum Gasteiger partial charge on any atom is 0.435 e. The van der Waals surface area contributed by atoms with Crippen molar-refractivity contribution in [3.05, 3.63) is 44.9 Å². The van der Waals surface area contributed by atoms with Gasteiger partial charge < -0.3 is 5.11 Å². The topological polar surface area (TPSA) is 50.2 Å². The van der Waals surface area contributed by atoms with E-state index < -0.39 is 22.7 Å². The van der Waals surface area contributed by atoms with Gasteiger partial charge in [-0.3, -0.25) is 0 Å². The fraction of sp³-hybridized carbons (Fsp3) is 0.167. The molecular weight excluding hydrogens is 391 g/mol. The van der Waals surface area contributed by atoms with Gasteiger partial charge in [0.05, 0.1) is 0 Å². The van der Waals surface area contributed by atoms with Gasteiger partial charge in [-0.15, -0.1) is 11.3 Å². The van der Waals surface area contributed by atoms with Crippen LogP contribution in [0.2, 0.25) is 0 Å². The van der Waals surface area contributed by atoms with Crippen LogP contribution in [0.15, 0.2) is 33.1 Å². The summed E-state index contributed by atoms with van der Waals surface area (Å²) in [6.45, 7) is 0. The van der Waals surface area contributed by atoms with Crippen LogP contribution in [0, 0.1) is 0 Å². The Hall–Kier alpha value is -1.06. The SMILES string of the molecule is O=C(O)c1sc(SCc2ccc(Br)cc2)nc1C(F)(F)F. The predicted molar refractivity (Wildman–Crippen MR) is 77.8 cm³/mol. The first-order valence-electron chi connectivity index (χ1n) is 5.46. The lowest BCUT2D eigenvalue weighted by Gasteiger charge is -2.02. The largest absolute Gasteiger partial charge is 0.477 e. The van der Waals surface area contributed by atoms with Crippen molar-refractivity contribution in [3.63, 3.8) is 0 Å². The Balaban J connectivity index is 2.17. The van der Waals surface area contributed by atoms with Gasteiger partial charge in [0.2, 0.25) is 0 Å².